The molecule has 0 radical (unpaired) electrons. The van der Waals surface area contributed by atoms with Crippen LogP contribution in [0.1, 0.15) is 6.42 Å². The van der Waals surface area contributed by atoms with Gasteiger partial charge in [-0.1, -0.05) is 0 Å². The number of carboxylic acids is 1. The molecule has 104 valence electrons. The first kappa shape index (κ1) is 15.5. The summed E-state index contributed by atoms with van der Waals surface area (Å²) in [5.74, 6) is -0.927. The number of hydrogen-bond acceptors (Lipinski definition) is 4. The van der Waals surface area contributed by atoms with E-state index >= 15 is 0 Å². The second-order valence-corrected chi connectivity index (χ2v) is 4.77. The Labute approximate surface area is 119 Å². The number of aliphatic carboxylic acids is 1. The first-order valence-electron chi connectivity index (χ1n) is 5.45. The van der Waals surface area contributed by atoms with Crippen LogP contribution in [-0.4, -0.2) is 37.2 Å². The molecule has 3 N–H and O–H groups in total. The molecular weight excluding hydrogens is 316 g/mol. The van der Waals surface area contributed by atoms with E-state index in [4.69, 9.17) is 15.6 Å². The summed E-state index contributed by atoms with van der Waals surface area (Å²) in [5, 5.41) is 8.62. The van der Waals surface area contributed by atoms with E-state index in [1.807, 2.05) is 0 Å². The van der Waals surface area contributed by atoms with Crippen LogP contribution >= 0.6 is 15.9 Å². The minimum absolute atomic E-state index is 0.402. The number of amides is 1. The number of carboxylic acid groups (broad SMARTS) is 1. The van der Waals surface area contributed by atoms with Crippen LogP contribution < -0.4 is 15.4 Å². The highest BCUT2D eigenvalue weighted by atomic mass is 79.9. The molecule has 1 aromatic rings. The molecule has 1 atom stereocenters. The Bertz CT molecular complexity index is 493. The maximum atomic E-state index is 11.9. The molecule has 0 aromatic heterocycles. The van der Waals surface area contributed by atoms with E-state index in [2.05, 4.69) is 15.9 Å². The van der Waals surface area contributed by atoms with E-state index in [-0.39, 0.29) is 0 Å². The lowest BCUT2D eigenvalue weighted by Crippen LogP contribution is -2.43. The van der Waals surface area contributed by atoms with E-state index in [0.29, 0.717) is 15.9 Å². The van der Waals surface area contributed by atoms with Gasteiger partial charge < -0.3 is 20.5 Å². The number of anilines is 1. The fourth-order valence-corrected chi connectivity index (χ4v) is 2.04. The summed E-state index contributed by atoms with van der Waals surface area (Å²) >= 11 is 3.31. The van der Waals surface area contributed by atoms with Crippen molar-refractivity contribution in [2.24, 2.45) is 5.73 Å². The van der Waals surface area contributed by atoms with Crippen LogP contribution in [0.5, 0.6) is 5.75 Å². The monoisotopic (exact) mass is 330 g/mol. The average Bonchev–Trinajstić information content (AvgIpc) is 2.36. The highest BCUT2D eigenvalue weighted by molar-refractivity contribution is 9.10. The van der Waals surface area contributed by atoms with E-state index in [9.17, 15) is 9.59 Å². The van der Waals surface area contributed by atoms with Crippen molar-refractivity contribution in [1.29, 1.82) is 0 Å². The highest BCUT2D eigenvalue weighted by Crippen LogP contribution is 2.29. The number of benzene rings is 1. The number of ether oxygens (including phenoxy) is 1. The van der Waals surface area contributed by atoms with Gasteiger partial charge >= 0.3 is 5.97 Å². The Kier molecular flexibility index (Phi) is 5.31. The van der Waals surface area contributed by atoms with Crippen molar-refractivity contribution < 1.29 is 19.4 Å². The maximum absolute atomic E-state index is 11.9. The minimum Gasteiger partial charge on any atom is -0.496 e. The zero-order valence-electron chi connectivity index (χ0n) is 10.6. The second kappa shape index (κ2) is 6.53. The van der Waals surface area contributed by atoms with Gasteiger partial charge in [-0.3, -0.25) is 9.59 Å². The van der Waals surface area contributed by atoms with E-state index in [1.165, 1.54) is 19.1 Å². The zero-order valence-corrected chi connectivity index (χ0v) is 12.2. The largest absolute Gasteiger partial charge is 0.496 e. The normalized spacial score (nSPS) is 11.8. The van der Waals surface area contributed by atoms with Crippen LogP contribution in [0.3, 0.4) is 0 Å². The van der Waals surface area contributed by atoms with Crippen LogP contribution in [-0.2, 0) is 9.59 Å². The van der Waals surface area contributed by atoms with Crippen LogP contribution in [0.15, 0.2) is 22.7 Å². The van der Waals surface area contributed by atoms with Crippen molar-refractivity contribution in [1.82, 2.24) is 0 Å². The van der Waals surface area contributed by atoms with Crippen LogP contribution in [0.4, 0.5) is 5.69 Å². The molecule has 0 aliphatic rings. The van der Waals surface area contributed by atoms with Gasteiger partial charge in [-0.15, -0.1) is 0 Å². The van der Waals surface area contributed by atoms with Gasteiger partial charge in [-0.05, 0) is 34.1 Å². The summed E-state index contributed by atoms with van der Waals surface area (Å²) in [7, 11) is 3.08. The van der Waals surface area contributed by atoms with Gasteiger partial charge in [0, 0.05) is 12.7 Å². The third kappa shape index (κ3) is 3.93. The lowest BCUT2D eigenvalue weighted by atomic mass is 10.2. The molecule has 1 aromatic carbocycles. The molecule has 0 aliphatic carbocycles. The lowest BCUT2D eigenvalue weighted by Gasteiger charge is -2.21. The maximum Gasteiger partial charge on any atom is 0.305 e. The Balaban J connectivity index is 2.87. The topological polar surface area (TPSA) is 92.9 Å². The Morgan fingerprint density at radius 3 is 2.63 bits per heavy atom. The molecule has 0 fully saturated rings. The van der Waals surface area contributed by atoms with E-state index in [1.54, 1.807) is 18.2 Å². The fourth-order valence-electron chi connectivity index (χ4n) is 1.52. The van der Waals surface area contributed by atoms with Crippen LogP contribution in [0.2, 0.25) is 0 Å². The Morgan fingerprint density at radius 2 is 2.16 bits per heavy atom. The lowest BCUT2D eigenvalue weighted by molar-refractivity contribution is -0.139. The summed E-state index contributed by atoms with van der Waals surface area (Å²) in [4.78, 5) is 23.8. The molecule has 19 heavy (non-hydrogen) atoms. The summed E-state index contributed by atoms with van der Waals surface area (Å²) in [6.45, 7) is 0. The molecule has 0 aliphatic heterocycles. The minimum atomic E-state index is -1.11. The molecule has 0 saturated heterocycles. The zero-order chi connectivity index (χ0) is 14.6. The standard InChI is InChI=1S/C12H15BrN2O4/c1-15(12(18)9(14)6-11(16)17)7-3-4-10(19-2)8(13)5-7/h3-5,9H,6,14H2,1-2H3,(H,16,17). The second-order valence-electron chi connectivity index (χ2n) is 3.92. The molecule has 1 unspecified atom stereocenters. The molecular formula is C12H15BrN2O4. The number of nitrogens with two attached hydrogens (primary N) is 1. The highest BCUT2D eigenvalue weighted by Gasteiger charge is 2.22. The predicted molar refractivity (Wildman–Crippen MR) is 74.3 cm³/mol. The van der Waals surface area contributed by atoms with Crippen molar-refractivity contribution in [2.45, 2.75) is 12.5 Å². The number of carbonyl (C=O) groups excluding carboxylic acids is 1. The van der Waals surface area contributed by atoms with Crippen LogP contribution in [0, 0.1) is 0 Å². The van der Waals surface area contributed by atoms with Crippen molar-refractivity contribution in [3.8, 4) is 5.75 Å². The van der Waals surface area contributed by atoms with Gasteiger partial charge in [0.25, 0.3) is 0 Å². The number of carbonyl (C=O) groups is 2. The molecule has 0 bridgehead atoms. The van der Waals surface area contributed by atoms with Gasteiger partial charge in [0.1, 0.15) is 5.75 Å². The van der Waals surface area contributed by atoms with Gasteiger partial charge in [0.2, 0.25) is 5.91 Å². The number of hydrogen-bond donors (Lipinski definition) is 2. The first-order valence-corrected chi connectivity index (χ1v) is 6.24. The van der Waals surface area contributed by atoms with Crippen molar-refractivity contribution >= 4 is 33.5 Å². The SMILES string of the molecule is COc1ccc(N(C)C(=O)C(N)CC(=O)O)cc1Br. The van der Waals surface area contributed by atoms with E-state index in [0.717, 1.165) is 0 Å². The van der Waals surface area contributed by atoms with Gasteiger partial charge in [0.15, 0.2) is 0 Å². The number of rotatable bonds is 5. The summed E-state index contributed by atoms with van der Waals surface area (Å²) < 4.78 is 5.78. The van der Waals surface area contributed by atoms with Crippen LogP contribution in [0.25, 0.3) is 0 Å². The molecule has 0 spiro atoms. The summed E-state index contributed by atoms with van der Waals surface area (Å²) in [6.07, 6.45) is -0.402. The quantitative estimate of drug-likeness (QED) is 0.846. The molecule has 6 nitrogen and oxygen atoms in total. The van der Waals surface area contributed by atoms with Gasteiger partial charge in [-0.2, -0.15) is 0 Å². The summed E-state index contributed by atoms with van der Waals surface area (Å²) in [5.41, 5.74) is 6.14. The Morgan fingerprint density at radius 1 is 1.53 bits per heavy atom. The molecule has 1 amide bonds. The third-order valence-electron chi connectivity index (χ3n) is 2.56. The van der Waals surface area contributed by atoms with Crippen molar-refractivity contribution in [3.05, 3.63) is 22.7 Å². The molecule has 7 heteroatoms. The number of halogens is 1. The van der Waals surface area contributed by atoms with Gasteiger partial charge in [0.05, 0.1) is 24.0 Å². The Hall–Kier alpha value is -1.60. The first-order chi connectivity index (χ1) is 8.86. The van der Waals surface area contributed by atoms with Crippen molar-refractivity contribution in [3.63, 3.8) is 0 Å². The number of likely N-dealkylation sites (N-methyl/N-ethyl adjacent to an activating group) is 1. The predicted octanol–water partition coefficient (Wildman–Crippen LogP) is 1.22. The molecule has 1 rings (SSSR count). The smallest absolute Gasteiger partial charge is 0.305 e. The number of methoxy groups -OCH3 is 1. The molecule has 0 heterocycles. The van der Waals surface area contributed by atoms with E-state index < -0.39 is 24.3 Å². The summed E-state index contributed by atoms with van der Waals surface area (Å²) in [6, 6.07) is 4.02. The molecule has 0 saturated carbocycles. The average molecular weight is 331 g/mol. The third-order valence-corrected chi connectivity index (χ3v) is 3.18. The fraction of sp³-hybridized carbons (Fsp3) is 0.333. The number of nitrogens with zero attached hydrogens (tertiary/aromatic N) is 1. The van der Waals surface area contributed by atoms with Crippen molar-refractivity contribution in [2.75, 3.05) is 19.1 Å². The van der Waals surface area contributed by atoms with Gasteiger partial charge in [-0.25, -0.2) is 0 Å².